The van der Waals surface area contributed by atoms with E-state index in [0.29, 0.717) is 31.6 Å². The van der Waals surface area contributed by atoms with Crippen LogP contribution in [0, 0.1) is 0 Å². The Morgan fingerprint density at radius 1 is 1.00 bits per heavy atom. The maximum atomic E-state index is 5.61. The van der Waals surface area contributed by atoms with Crippen molar-refractivity contribution in [2.75, 3.05) is 39.5 Å². The molecule has 1 aliphatic heterocycles. The van der Waals surface area contributed by atoms with Gasteiger partial charge in [0, 0.05) is 19.0 Å². The summed E-state index contributed by atoms with van der Waals surface area (Å²) in [6.45, 7) is 1.64. The van der Waals surface area contributed by atoms with Crippen LogP contribution in [-0.4, -0.2) is 44.2 Å². The quantitative estimate of drug-likeness (QED) is 0.595. The van der Waals surface area contributed by atoms with Crippen LogP contribution in [0.1, 0.15) is 5.56 Å². The fourth-order valence-electron chi connectivity index (χ4n) is 2.87. The molecule has 1 aliphatic rings. The number of methoxy groups -OCH3 is 2. The fraction of sp³-hybridized carbons (Fsp3) is 0.300. The maximum absolute atomic E-state index is 5.61. The molecule has 8 nitrogen and oxygen atoms in total. The van der Waals surface area contributed by atoms with E-state index in [9.17, 15) is 0 Å². The Labute approximate surface area is 162 Å². The number of fused-ring (bicyclic) bond motifs is 2. The predicted molar refractivity (Wildman–Crippen MR) is 103 cm³/mol. The van der Waals surface area contributed by atoms with Gasteiger partial charge in [0.25, 0.3) is 0 Å². The number of benzene rings is 2. The average Bonchev–Trinajstić information content (AvgIpc) is 3.19. The topological polar surface area (TPSA) is 84.0 Å². The molecular formula is C20H21N3O5. The number of nitrogens with one attached hydrogen (secondary N) is 1. The standard InChI is InChI=1S/C20H21N3O5/c1-24-7-8-26-20-22-16-5-4-14(25-2)10-15(16)19(23-20)21-11-13-3-6-17-18(9-13)28-12-27-17/h3-6,9-10H,7-8,11-12H2,1-2H3,(H,21,22,23). The third-order valence-corrected chi connectivity index (χ3v) is 4.30. The molecule has 2 aromatic carbocycles. The first-order chi connectivity index (χ1) is 13.8. The number of ether oxygens (including phenoxy) is 5. The molecular weight excluding hydrogens is 362 g/mol. The first kappa shape index (κ1) is 18.1. The molecule has 3 aromatic rings. The minimum Gasteiger partial charge on any atom is -0.497 e. The summed E-state index contributed by atoms with van der Waals surface area (Å²) in [5.41, 5.74) is 1.80. The van der Waals surface area contributed by atoms with Gasteiger partial charge in [-0.15, -0.1) is 0 Å². The number of aromatic nitrogens is 2. The molecule has 8 heteroatoms. The highest BCUT2D eigenvalue weighted by atomic mass is 16.7. The number of hydrogen-bond acceptors (Lipinski definition) is 8. The second kappa shape index (κ2) is 8.18. The Morgan fingerprint density at radius 3 is 2.75 bits per heavy atom. The van der Waals surface area contributed by atoms with E-state index in [1.165, 1.54) is 0 Å². The van der Waals surface area contributed by atoms with Crippen molar-refractivity contribution >= 4 is 16.7 Å². The van der Waals surface area contributed by atoms with Gasteiger partial charge in [0.2, 0.25) is 6.79 Å². The van der Waals surface area contributed by atoms with Gasteiger partial charge >= 0.3 is 6.01 Å². The molecule has 0 bridgehead atoms. The van der Waals surface area contributed by atoms with Crippen LogP contribution in [0.5, 0.6) is 23.3 Å². The van der Waals surface area contributed by atoms with Crippen LogP contribution in [0.2, 0.25) is 0 Å². The van der Waals surface area contributed by atoms with Gasteiger partial charge < -0.3 is 29.0 Å². The van der Waals surface area contributed by atoms with E-state index < -0.39 is 0 Å². The van der Waals surface area contributed by atoms with Crippen molar-refractivity contribution in [1.29, 1.82) is 0 Å². The van der Waals surface area contributed by atoms with Gasteiger partial charge in [-0.3, -0.25) is 0 Å². The summed E-state index contributed by atoms with van der Waals surface area (Å²) in [4.78, 5) is 8.99. The van der Waals surface area contributed by atoms with E-state index in [-0.39, 0.29) is 6.79 Å². The lowest BCUT2D eigenvalue weighted by molar-refractivity contribution is 0.141. The van der Waals surface area contributed by atoms with Crippen LogP contribution in [0.15, 0.2) is 36.4 Å². The molecule has 28 heavy (non-hydrogen) atoms. The molecule has 0 radical (unpaired) electrons. The predicted octanol–water partition coefficient (Wildman–Crippen LogP) is 3.00. The van der Waals surface area contributed by atoms with E-state index in [1.54, 1.807) is 14.2 Å². The summed E-state index contributed by atoms with van der Waals surface area (Å²) >= 11 is 0. The van der Waals surface area contributed by atoms with E-state index in [1.807, 2.05) is 36.4 Å². The van der Waals surface area contributed by atoms with E-state index in [0.717, 1.165) is 33.7 Å². The van der Waals surface area contributed by atoms with E-state index in [4.69, 9.17) is 23.7 Å². The van der Waals surface area contributed by atoms with Crippen LogP contribution in [0.25, 0.3) is 10.9 Å². The molecule has 0 aliphatic carbocycles. The Hall–Kier alpha value is -3.26. The Bertz CT molecular complexity index is 979. The zero-order chi connectivity index (χ0) is 19.3. The normalized spacial score (nSPS) is 12.2. The Morgan fingerprint density at radius 2 is 1.89 bits per heavy atom. The molecule has 2 heterocycles. The first-order valence-corrected chi connectivity index (χ1v) is 8.87. The first-order valence-electron chi connectivity index (χ1n) is 8.87. The fourth-order valence-corrected chi connectivity index (χ4v) is 2.87. The van der Waals surface area contributed by atoms with Crippen molar-refractivity contribution in [3.63, 3.8) is 0 Å². The molecule has 146 valence electrons. The van der Waals surface area contributed by atoms with Crippen molar-refractivity contribution in [3.8, 4) is 23.3 Å². The van der Waals surface area contributed by atoms with Gasteiger partial charge in [0.15, 0.2) is 11.5 Å². The summed E-state index contributed by atoms with van der Waals surface area (Å²) < 4.78 is 26.8. The minimum atomic E-state index is 0.255. The minimum absolute atomic E-state index is 0.255. The van der Waals surface area contributed by atoms with Crippen molar-refractivity contribution in [2.45, 2.75) is 6.54 Å². The smallest absolute Gasteiger partial charge is 0.319 e. The van der Waals surface area contributed by atoms with Gasteiger partial charge in [-0.1, -0.05) is 6.07 Å². The van der Waals surface area contributed by atoms with Gasteiger partial charge in [-0.25, -0.2) is 0 Å². The van der Waals surface area contributed by atoms with Gasteiger partial charge in [0.05, 0.1) is 19.2 Å². The summed E-state index contributed by atoms with van der Waals surface area (Å²) in [5, 5.41) is 4.21. The van der Waals surface area contributed by atoms with Crippen LogP contribution < -0.4 is 24.3 Å². The van der Waals surface area contributed by atoms with Gasteiger partial charge in [-0.05, 0) is 35.9 Å². The molecule has 0 amide bonds. The lowest BCUT2D eigenvalue weighted by Gasteiger charge is -2.12. The Kier molecular flexibility index (Phi) is 5.29. The number of nitrogens with zero attached hydrogens (tertiary/aromatic N) is 2. The summed E-state index contributed by atoms with van der Waals surface area (Å²) in [6.07, 6.45) is 0. The molecule has 0 fully saturated rings. The van der Waals surface area contributed by atoms with Crippen molar-refractivity contribution in [2.24, 2.45) is 0 Å². The number of anilines is 1. The van der Waals surface area contributed by atoms with Gasteiger partial charge in [-0.2, -0.15) is 9.97 Å². The van der Waals surface area contributed by atoms with Crippen molar-refractivity contribution in [1.82, 2.24) is 9.97 Å². The third-order valence-electron chi connectivity index (χ3n) is 4.30. The zero-order valence-corrected chi connectivity index (χ0v) is 15.7. The van der Waals surface area contributed by atoms with E-state index >= 15 is 0 Å². The molecule has 1 N–H and O–H groups in total. The lowest BCUT2D eigenvalue weighted by atomic mass is 10.2. The second-order valence-electron chi connectivity index (χ2n) is 6.12. The summed E-state index contributed by atoms with van der Waals surface area (Å²) in [5.74, 6) is 2.90. The molecule has 4 rings (SSSR count). The zero-order valence-electron chi connectivity index (χ0n) is 15.7. The maximum Gasteiger partial charge on any atom is 0.319 e. The van der Waals surface area contributed by atoms with Crippen LogP contribution in [0.4, 0.5) is 5.82 Å². The number of rotatable bonds is 8. The molecule has 0 saturated carbocycles. The molecule has 0 unspecified atom stereocenters. The monoisotopic (exact) mass is 383 g/mol. The van der Waals surface area contributed by atoms with Crippen LogP contribution >= 0.6 is 0 Å². The highest BCUT2D eigenvalue weighted by Gasteiger charge is 2.14. The molecule has 1 aromatic heterocycles. The highest BCUT2D eigenvalue weighted by molar-refractivity contribution is 5.90. The SMILES string of the molecule is COCCOc1nc(NCc2ccc3c(c2)OCO3)c2cc(OC)ccc2n1. The van der Waals surface area contributed by atoms with Gasteiger partial charge in [0.1, 0.15) is 18.2 Å². The lowest BCUT2D eigenvalue weighted by Crippen LogP contribution is -2.09. The molecule has 0 saturated heterocycles. The Balaban J connectivity index is 1.60. The largest absolute Gasteiger partial charge is 0.497 e. The summed E-state index contributed by atoms with van der Waals surface area (Å²) in [7, 11) is 3.25. The molecule has 0 spiro atoms. The summed E-state index contributed by atoms with van der Waals surface area (Å²) in [6, 6.07) is 11.8. The second-order valence-corrected chi connectivity index (χ2v) is 6.12. The highest BCUT2D eigenvalue weighted by Crippen LogP contribution is 2.33. The van der Waals surface area contributed by atoms with Crippen LogP contribution in [0.3, 0.4) is 0 Å². The average molecular weight is 383 g/mol. The third kappa shape index (κ3) is 3.86. The van der Waals surface area contributed by atoms with Crippen LogP contribution in [-0.2, 0) is 11.3 Å². The van der Waals surface area contributed by atoms with Crippen molar-refractivity contribution < 1.29 is 23.7 Å². The molecule has 0 atom stereocenters. The number of hydrogen-bond donors (Lipinski definition) is 1. The van der Waals surface area contributed by atoms with Crippen molar-refractivity contribution in [3.05, 3.63) is 42.0 Å². The van der Waals surface area contributed by atoms with E-state index in [2.05, 4.69) is 15.3 Å².